The monoisotopic (exact) mass is 276 g/mol. The minimum atomic E-state index is 0.701. The third-order valence-corrected chi connectivity index (χ3v) is 2.97. The van der Waals surface area contributed by atoms with Crippen molar-refractivity contribution in [2.45, 2.75) is 0 Å². The van der Waals surface area contributed by atoms with Crippen LogP contribution < -0.4 is 9.80 Å². The van der Waals surface area contributed by atoms with Gasteiger partial charge in [-0.1, -0.05) is 11.6 Å². The van der Waals surface area contributed by atoms with E-state index in [0.717, 1.165) is 17.2 Å². The summed E-state index contributed by atoms with van der Waals surface area (Å²) >= 11 is 5.91. The number of nitrogens with zero attached hydrogens (tertiary/aromatic N) is 4. The number of anilines is 2. The molecule has 1 aromatic carbocycles. The van der Waals surface area contributed by atoms with Crippen LogP contribution >= 0.6 is 11.6 Å². The van der Waals surface area contributed by atoms with Gasteiger partial charge in [-0.15, -0.1) is 0 Å². The topological polar surface area (TPSA) is 32.3 Å². The molecule has 4 nitrogen and oxygen atoms in total. The summed E-state index contributed by atoms with van der Waals surface area (Å²) in [6, 6.07) is 9.50. The average molecular weight is 277 g/mol. The lowest BCUT2D eigenvalue weighted by Gasteiger charge is -2.17. The van der Waals surface area contributed by atoms with E-state index in [9.17, 15) is 0 Å². The van der Waals surface area contributed by atoms with Gasteiger partial charge in [-0.25, -0.2) is 9.97 Å². The van der Waals surface area contributed by atoms with Crippen molar-refractivity contribution in [2.24, 2.45) is 0 Å². The molecule has 0 saturated carbocycles. The Bertz CT molecular complexity index is 538. The van der Waals surface area contributed by atoms with Gasteiger partial charge in [0.25, 0.3) is 0 Å². The molecule has 0 amide bonds. The van der Waals surface area contributed by atoms with Crippen molar-refractivity contribution >= 4 is 23.2 Å². The summed E-state index contributed by atoms with van der Waals surface area (Å²) in [5.74, 6) is 2.46. The molecule has 2 rings (SSSR count). The van der Waals surface area contributed by atoms with Gasteiger partial charge in [0, 0.05) is 44.8 Å². The number of hydrogen-bond acceptors (Lipinski definition) is 4. The summed E-state index contributed by atoms with van der Waals surface area (Å²) in [6.45, 7) is 0. The van der Waals surface area contributed by atoms with Gasteiger partial charge >= 0.3 is 0 Å². The predicted molar refractivity (Wildman–Crippen MR) is 81.1 cm³/mol. The largest absolute Gasteiger partial charge is 0.363 e. The number of benzene rings is 1. The van der Waals surface area contributed by atoms with Crippen LogP contribution in [-0.2, 0) is 0 Å². The second kappa shape index (κ2) is 5.45. The van der Waals surface area contributed by atoms with Crippen LogP contribution in [-0.4, -0.2) is 38.2 Å². The number of halogens is 1. The molecule has 0 aliphatic rings. The molecule has 2 aromatic rings. The molecular formula is C14H17ClN4. The maximum absolute atomic E-state index is 5.91. The zero-order valence-corrected chi connectivity index (χ0v) is 12.3. The highest BCUT2D eigenvalue weighted by molar-refractivity contribution is 6.30. The molecule has 0 radical (unpaired) electrons. The van der Waals surface area contributed by atoms with Crippen LogP contribution in [0.3, 0.4) is 0 Å². The average Bonchev–Trinajstić information content (AvgIpc) is 2.39. The molecule has 0 unspecified atom stereocenters. The van der Waals surface area contributed by atoms with E-state index in [4.69, 9.17) is 11.6 Å². The van der Waals surface area contributed by atoms with Crippen molar-refractivity contribution < 1.29 is 0 Å². The Balaban J connectivity index is 2.52. The molecule has 100 valence electrons. The molecule has 0 aliphatic carbocycles. The van der Waals surface area contributed by atoms with Crippen LogP contribution in [0.25, 0.3) is 11.4 Å². The smallest absolute Gasteiger partial charge is 0.163 e. The number of hydrogen-bond donors (Lipinski definition) is 0. The van der Waals surface area contributed by atoms with Crippen LogP contribution in [0.15, 0.2) is 30.3 Å². The van der Waals surface area contributed by atoms with Gasteiger partial charge in [0.15, 0.2) is 5.82 Å². The third kappa shape index (κ3) is 3.15. The first-order chi connectivity index (χ1) is 8.97. The fourth-order valence-electron chi connectivity index (χ4n) is 1.61. The SMILES string of the molecule is CN(C)c1cc(N(C)C)nc(-c2ccc(Cl)cc2)n1. The quantitative estimate of drug-likeness (QED) is 0.863. The van der Waals surface area contributed by atoms with E-state index in [2.05, 4.69) is 9.97 Å². The van der Waals surface area contributed by atoms with E-state index in [0.29, 0.717) is 10.8 Å². The van der Waals surface area contributed by atoms with Crippen LogP contribution in [0.5, 0.6) is 0 Å². The van der Waals surface area contributed by atoms with Crippen molar-refractivity contribution in [2.75, 3.05) is 38.0 Å². The lowest BCUT2D eigenvalue weighted by Crippen LogP contribution is -2.16. The highest BCUT2D eigenvalue weighted by Gasteiger charge is 2.09. The van der Waals surface area contributed by atoms with Gasteiger partial charge in [-0.05, 0) is 24.3 Å². The van der Waals surface area contributed by atoms with E-state index in [1.54, 1.807) is 0 Å². The second-order valence-corrected chi connectivity index (χ2v) is 5.14. The summed E-state index contributed by atoms with van der Waals surface area (Å²) in [4.78, 5) is 13.1. The first-order valence-electron chi connectivity index (χ1n) is 5.97. The van der Waals surface area contributed by atoms with E-state index >= 15 is 0 Å². The Labute approximate surface area is 118 Å². The number of rotatable bonds is 3. The van der Waals surface area contributed by atoms with E-state index < -0.39 is 0 Å². The van der Waals surface area contributed by atoms with Crippen LogP contribution in [0.1, 0.15) is 0 Å². The summed E-state index contributed by atoms with van der Waals surface area (Å²) in [7, 11) is 7.86. The minimum absolute atomic E-state index is 0.701. The molecule has 0 saturated heterocycles. The fraction of sp³-hybridized carbons (Fsp3) is 0.286. The van der Waals surface area contributed by atoms with Gasteiger partial charge in [-0.2, -0.15) is 0 Å². The number of aromatic nitrogens is 2. The predicted octanol–water partition coefficient (Wildman–Crippen LogP) is 2.93. The molecule has 1 aromatic heterocycles. The summed E-state index contributed by atoms with van der Waals surface area (Å²) < 4.78 is 0. The highest BCUT2D eigenvalue weighted by atomic mass is 35.5. The minimum Gasteiger partial charge on any atom is -0.363 e. The zero-order chi connectivity index (χ0) is 14.0. The van der Waals surface area contributed by atoms with E-state index in [1.807, 2.05) is 68.3 Å². The molecule has 5 heteroatoms. The maximum atomic E-state index is 5.91. The molecule has 0 aliphatic heterocycles. The van der Waals surface area contributed by atoms with Gasteiger partial charge in [-0.3, -0.25) is 0 Å². The molecule has 0 N–H and O–H groups in total. The van der Waals surface area contributed by atoms with E-state index in [-0.39, 0.29) is 0 Å². The lowest BCUT2D eigenvalue weighted by molar-refractivity contribution is 1.00. The Morgan fingerprint density at radius 2 is 1.32 bits per heavy atom. The van der Waals surface area contributed by atoms with Crippen LogP contribution in [0.4, 0.5) is 11.6 Å². The van der Waals surface area contributed by atoms with E-state index in [1.165, 1.54) is 0 Å². The van der Waals surface area contributed by atoms with Gasteiger partial charge in [0.05, 0.1) is 0 Å². The fourth-order valence-corrected chi connectivity index (χ4v) is 1.73. The van der Waals surface area contributed by atoms with Crippen molar-refractivity contribution in [3.63, 3.8) is 0 Å². The molecule has 0 fully saturated rings. The lowest BCUT2D eigenvalue weighted by atomic mass is 10.2. The van der Waals surface area contributed by atoms with Crippen molar-refractivity contribution in [3.8, 4) is 11.4 Å². The third-order valence-electron chi connectivity index (χ3n) is 2.72. The van der Waals surface area contributed by atoms with Crippen molar-refractivity contribution in [1.82, 2.24) is 9.97 Å². The van der Waals surface area contributed by atoms with Gasteiger partial charge in [0.1, 0.15) is 11.6 Å². The summed E-state index contributed by atoms with van der Waals surface area (Å²) in [6.07, 6.45) is 0. The molecule has 1 heterocycles. The molecular weight excluding hydrogens is 260 g/mol. The summed E-state index contributed by atoms with van der Waals surface area (Å²) in [5, 5.41) is 0.709. The maximum Gasteiger partial charge on any atom is 0.163 e. The molecule has 19 heavy (non-hydrogen) atoms. The first kappa shape index (κ1) is 13.6. The van der Waals surface area contributed by atoms with Crippen molar-refractivity contribution in [3.05, 3.63) is 35.4 Å². The first-order valence-corrected chi connectivity index (χ1v) is 6.35. The normalized spacial score (nSPS) is 10.4. The molecule has 0 bridgehead atoms. The Kier molecular flexibility index (Phi) is 3.90. The highest BCUT2D eigenvalue weighted by Crippen LogP contribution is 2.23. The zero-order valence-electron chi connectivity index (χ0n) is 11.6. The molecule has 0 spiro atoms. The van der Waals surface area contributed by atoms with Crippen molar-refractivity contribution in [1.29, 1.82) is 0 Å². The van der Waals surface area contributed by atoms with Gasteiger partial charge < -0.3 is 9.80 Å². The van der Waals surface area contributed by atoms with Crippen LogP contribution in [0.2, 0.25) is 5.02 Å². The Hall–Kier alpha value is -1.81. The second-order valence-electron chi connectivity index (χ2n) is 4.70. The summed E-state index contributed by atoms with van der Waals surface area (Å²) in [5.41, 5.74) is 0.955. The van der Waals surface area contributed by atoms with Crippen LogP contribution in [0, 0.1) is 0 Å². The molecule has 0 atom stereocenters. The Morgan fingerprint density at radius 1 is 0.842 bits per heavy atom. The standard InChI is InChI=1S/C14H17ClN4/c1-18(2)12-9-13(19(3)4)17-14(16-12)10-5-7-11(15)8-6-10/h5-9H,1-4H3. The Morgan fingerprint density at radius 3 is 1.74 bits per heavy atom. The van der Waals surface area contributed by atoms with Gasteiger partial charge in [0.2, 0.25) is 0 Å².